The molecule has 1 heterocycles. The summed E-state index contributed by atoms with van der Waals surface area (Å²) in [5, 5.41) is 0.740. The maximum Gasteiger partial charge on any atom is 0.0947 e. The molecule has 0 spiro atoms. The molecular formula is C12H14ClN3. The highest BCUT2D eigenvalue weighted by molar-refractivity contribution is 6.31. The summed E-state index contributed by atoms with van der Waals surface area (Å²) in [6.07, 6.45) is 3.66. The van der Waals surface area contributed by atoms with E-state index in [4.69, 9.17) is 17.3 Å². The Labute approximate surface area is 99.9 Å². The van der Waals surface area contributed by atoms with Crippen LogP contribution in [0, 0.1) is 6.92 Å². The highest BCUT2D eigenvalue weighted by atomic mass is 35.5. The zero-order valence-electron chi connectivity index (χ0n) is 9.31. The Morgan fingerprint density at radius 1 is 1.44 bits per heavy atom. The van der Waals surface area contributed by atoms with Crippen molar-refractivity contribution in [3.8, 4) is 0 Å². The van der Waals surface area contributed by atoms with Crippen molar-refractivity contribution in [1.29, 1.82) is 0 Å². The van der Waals surface area contributed by atoms with Crippen molar-refractivity contribution in [3.63, 3.8) is 0 Å². The second kappa shape index (κ2) is 4.28. The average Bonchev–Trinajstić information content (AvgIpc) is 2.68. The third-order valence-corrected chi connectivity index (χ3v) is 3.01. The van der Waals surface area contributed by atoms with Crippen LogP contribution in [0.25, 0.3) is 0 Å². The lowest BCUT2D eigenvalue weighted by molar-refractivity contribution is 0.834. The lowest BCUT2D eigenvalue weighted by Crippen LogP contribution is -2.12. The quantitative estimate of drug-likeness (QED) is 0.869. The third-order valence-electron chi connectivity index (χ3n) is 2.60. The summed E-state index contributed by atoms with van der Waals surface area (Å²) in [4.78, 5) is 4.24. The first-order valence-electron chi connectivity index (χ1n) is 5.07. The number of nitrogens with zero attached hydrogens (tertiary/aromatic N) is 2. The molecule has 84 valence electrons. The van der Waals surface area contributed by atoms with E-state index in [0.29, 0.717) is 0 Å². The number of halogens is 1. The fraction of sp³-hybridized carbons (Fsp3) is 0.250. The van der Waals surface area contributed by atoms with Gasteiger partial charge >= 0.3 is 0 Å². The Balaban J connectivity index is 2.33. The van der Waals surface area contributed by atoms with E-state index in [1.165, 1.54) is 0 Å². The topological polar surface area (TPSA) is 43.8 Å². The molecule has 4 heteroatoms. The molecule has 0 amide bonds. The summed E-state index contributed by atoms with van der Waals surface area (Å²) in [5.74, 6) is 0. The van der Waals surface area contributed by atoms with Gasteiger partial charge in [0.25, 0.3) is 0 Å². The van der Waals surface area contributed by atoms with Gasteiger partial charge in [-0.05, 0) is 24.1 Å². The number of rotatable bonds is 2. The zero-order valence-corrected chi connectivity index (χ0v) is 10.1. The van der Waals surface area contributed by atoms with Crippen molar-refractivity contribution < 1.29 is 0 Å². The van der Waals surface area contributed by atoms with Crippen molar-refractivity contribution in [2.75, 3.05) is 0 Å². The van der Waals surface area contributed by atoms with Gasteiger partial charge in [-0.1, -0.05) is 23.7 Å². The minimum atomic E-state index is -0.223. The Hall–Kier alpha value is -1.32. The molecule has 1 unspecified atom stereocenters. The number of nitrogens with two attached hydrogens (primary N) is 1. The second-order valence-electron chi connectivity index (χ2n) is 3.95. The van der Waals surface area contributed by atoms with Crippen LogP contribution >= 0.6 is 11.6 Å². The van der Waals surface area contributed by atoms with E-state index in [2.05, 4.69) is 4.98 Å². The molecule has 0 saturated heterocycles. The zero-order chi connectivity index (χ0) is 11.7. The molecule has 0 aliphatic heterocycles. The number of aromatic nitrogens is 2. The molecule has 0 radical (unpaired) electrons. The fourth-order valence-electron chi connectivity index (χ4n) is 1.57. The Morgan fingerprint density at radius 3 is 2.75 bits per heavy atom. The maximum absolute atomic E-state index is 6.11. The maximum atomic E-state index is 6.11. The predicted octanol–water partition coefficient (Wildman–Crippen LogP) is 2.43. The monoisotopic (exact) mass is 235 g/mol. The van der Waals surface area contributed by atoms with Crippen LogP contribution < -0.4 is 5.73 Å². The Morgan fingerprint density at radius 2 is 2.19 bits per heavy atom. The molecule has 0 aliphatic rings. The van der Waals surface area contributed by atoms with Crippen LogP contribution in [-0.2, 0) is 7.05 Å². The number of hydrogen-bond acceptors (Lipinski definition) is 2. The van der Waals surface area contributed by atoms with Crippen LogP contribution in [0.3, 0.4) is 0 Å². The summed E-state index contributed by atoms with van der Waals surface area (Å²) in [7, 11) is 1.92. The van der Waals surface area contributed by atoms with Crippen LogP contribution in [0.4, 0.5) is 0 Å². The molecule has 2 rings (SSSR count). The lowest BCUT2D eigenvalue weighted by atomic mass is 10.0. The second-order valence-corrected chi connectivity index (χ2v) is 4.36. The van der Waals surface area contributed by atoms with Crippen molar-refractivity contribution >= 4 is 11.6 Å². The SMILES string of the molecule is Cc1ccc(C(N)c2cn(C)cn2)cc1Cl. The lowest BCUT2D eigenvalue weighted by Gasteiger charge is -2.10. The first-order valence-corrected chi connectivity index (χ1v) is 5.45. The predicted molar refractivity (Wildman–Crippen MR) is 65.4 cm³/mol. The molecule has 1 aromatic heterocycles. The van der Waals surface area contributed by atoms with E-state index in [0.717, 1.165) is 21.8 Å². The van der Waals surface area contributed by atoms with Crippen LogP contribution in [-0.4, -0.2) is 9.55 Å². The smallest absolute Gasteiger partial charge is 0.0947 e. The van der Waals surface area contributed by atoms with Gasteiger partial charge in [0.1, 0.15) is 0 Å². The molecule has 2 aromatic rings. The van der Waals surface area contributed by atoms with Gasteiger partial charge in [0.15, 0.2) is 0 Å². The number of hydrogen-bond donors (Lipinski definition) is 1. The number of imidazole rings is 1. The van der Waals surface area contributed by atoms with Gasteiger partial charge in [0.05, 0.1) is 18.1 Å². The van der Waals surface area contributed by atoms with E-state index >= 15 is 0 Å². The van der Waals surface area contributed by atoms with Crippen LogP contribution in [0.2, 0.25) is 5.02 Å². The molecule has 0 aliphatic carbocycles. The van der Waals surface area contributed by atoms with Crippen LogP contribution in [0.1, 0.15) is 22.9 Å². The van der Waals surface area contributed by atoms with E-state index in [-0.39, 0.29) is 6.04 Å². The highest BCUT2D eigenvalue weighted by Gasteiger charge is 2.12. The highest BCUT2D eigenvalue weighted by Crippen LogP contribution is 2.23. The van der Waals surface area contributed by atoms with Crippen LogP contribution in [0.15, 0.2) is 30.7 Å². The summed E-state index contributed by atoms with van der Waals surface area (Å²) in [5.41, 5.74) is 9.00. The Bertz CT molecular complexity index is 505. The van der Waals surface area contributed by atoms with E-state index in [9.17, 15) is 0 Å². The standard InChI is InChI=1S/C12H14ClN3/c1-8-3-4-9(5-10(8)13)12(14)11-6-16(2)7-15-11/h3-7,12H,14H2,1-2H3. The average molecular weight is 236 g/mol. The largest absolute Gasteiger partial charge is 0.340 e. The van der Waals surface area contributed by atoms with E-state index in [1.807, 2.05) is 42.9 Å². The summed E-state index contributed by atoms with van der Waals surface area (Å²) < 4.78 is 1.88. The number of aryl methyl sites for hydroxylation is 2. The molecule has 1 atom stereocenters. The molecule has 0 saturated carbocycles. The normalized spacial score (nSPS) is 12.8. The molecule has 16 heavy (non-hydrogen) atoms. The molecule has 3 nitrogen and oxygen atoms in total. The van der Waals surface area contributed by atoms with Gasteiger partial charge in [0, 0.05) is 18.3 Å². The summed E-state index contributed by atoms with van der Waals surface area (Å²) in [6, 6.07) is 5.64. The van der Waals surface area contributed by atoms with Gasteiger partial charge in [0.2, 0.25) is 0 Å². The molecule has 1 aromatic carbocycles. The van der Waals surface area contributed by atoms with Crippen molar-refractivity contribution in [3.05, 3.63) is 52.6 Å². The van der Waals surface area contributed by atoms with Gasteiger partial charge in [-0.3, -0.25) is 0 Å². The molecule has 0 fully saturated rings. The minimum absolute atomic E-state index is 0.223. The molecule has 0 bridgehead atoms. The Kier molecular flexibility index (Phi) is 2.99. The third kappa shape index (κ3) is 2.10. The van der Waals surface area contributed by atoms with Gasteiger partial charge < -0.3 is 10.3 Å². The first-order chi connectivity index (χ1) is 7.58. The summed E-state index contributed by atoms with van der Waals surface area (Å²) in [6.45, 7) is 1.97. The summed E-state index contributed by atoms with van der Waals surface area (Å²) >= 11 is 6.07. The van der Waals surface area contributed by atoms with E-state index < -0.39 is 0 Å². The first kappa shape index (κ1) is 11.2. The molecule has 2 N–H and O–H groups in total. The van der Waals surface area contributed by atoms with Crippen molar-refractivity contribution in [2.45, 2.75) is 13.0 Å². The number of benzene rings is 1. The van der Waals surface area contributed by atoms with Gasteiger partial charge in [-0.15, -0.1) is 0 Å². The van der Waals surface area contributed by atoms with E-state index in [1.54, 1.807) is 6.33 Å². The fourth-order valence-corrected chi connectivity index (χ4v) is 1.76. The minimum Gasteiger partial charge on any atom is -0.340 e. The van der Waals surface area contributed by atoms with Crippen LogP contribution in [0.5, 0.6) is 0 Å². The van der Waals surface area contributed by atoms with Gasteiger partial charge in [-0.25, -0.2) is 4.98 Å². The van der Waals surface area contributed by atoms with Gasteiger partial charge in [-0.2, -0.15) is 0 Å². The van der Waals surface area contributed by atoms with Crippen molar-refractivity contribution in [1.82, 2.24) is 9.55 Å². The van der Waals surface area contributed by atoms with Crippen molar-refractivity contribution in [2.24, 2.45) is 12.8 Å². The molecular weight excluding hydrogens is 222 g/mol.